The van der Waals surface area contributed by atoms with Crippen LogP contribution < -0.4 is 10.6 Å². The molecule has 0 atom stereocenters. The molecule has 2 N–H and O–H groups in total. The second kappa shape index (κ2) is 10.9. The Balaban J connectivity index is 1.82. The zero-order valence-electron chi connectivity index (χ0n) is 17.3. The molecule has 1 saturated heterocycles. The lowest BCUT2D eigenvalue weighted by Crippen LogP contribution is -2.43. The van der Waals surface area contributed by atoms with Crippen molar-refractivity contribution in [3.05, 3.63) is 35.4 Å². The molecule has 0 bridgehead atoms. The second-order valence-corrected chi connectivity index (χ2v) is 7.54. The van der Waals surface area contributed by atoms with Crippen molar-refractivity contribution in [1.82, 2.24) is 20.4 Å². The summed E-state index contributed by atoms with van der Waals surface area (Å²) in [6, 6.07) is 7.67. The van der Waals surface area contributed by atoms with Crippen LogP contribution in [0.3, 0.4) is 0 Å². The summed E-state index contributed by atoms with van der Waals surface area (Å²) in [6.07, 6.45) is 2.61. The fourth-order valence-corrected chi connectivity index (χ4v) is 3.14. The third-order valence-corrected chi connectivity index (χ3v) is 4.97. The minimum atomic E-state index is 0.0205. The molecule has 6 heteroatoms. The smallest absolute Gasteiger partial charge is 0.253 e. The van der Waals surface area contributed by atoms with Crippen molar-refractivity contribution in [3.63, 3.8) is 0 Å². The highest BCUT2D eigenvalue weighted by molar-refractivity contribution is 5.93. The zero-order valence-corrected chi connectivity index (χ0v) is 17.3. The van der Waals surface area contributed by atoms with Crippen LogP contribution in [-0.2, 0) is 6.54 Å². The fraction of sp³-hybridized carbons (Fsp3) is 0.619. The summed E-state index contributed by atoms with van der Waals surface area (Å²) in [5, 5.41) is 6.73. The average Bonchev–Trinajstić information content (AvgIpc) is 2.67. The first-order valence-electron chi connectivity index (χ1n) is 10.0. The molecule has 1 amide bonds. The summed E-state index contributed by atoms with van der Waals surface area (Å²) in [5.74, 6) is 1.73. The molecule has 27 heavy (non-hydrogen) atoms. The maximum absolute atomic E-state index is 11.9. The molecule has 0 aromatic heterocycles. The summed E-state index contributed by atoms with van der Waals surface area (Å²) >= 11 is 0. The normalized spacial score (nSPS) is 16.2. The van der Waals surface area contributed by atoms with Crippen LogP contribution in [0.2, 0.25) is 0 Å². The molecule has 1 aromatic carbocycles. The van der Waals surface area contributed by atoms with Gasteiger partial charge >= 0.3 is 0 Å². The number of nitrogens with one attached hydrogen (secondary N) is 2. The van der Waals surface area contributed by atoms with Gasteiger partial charge in [-0.3, -0.25) is 4.79 Å². The van der Waals surface area contributed by atoms with Crippen molar-refractivity contribution in [1.29, 1.82) is 0 Å². The molecule has 2 rings (SSSR count). The van der Waals surface area contributed by atoms with Crippen molar-refractivity contribution >= 4 is 11.9 Å². The van der Waals surface area contributed by atoms with Crippen LogP contribution >= 0.6 is 0 Å². The maximum atomic E-state index is 11.9. The number of guanidine groups is 1. The van der Waals surface area contributed by atoms with E-state index < -0.39 is 0 Å². The lowest BCUT2D eigenvalue weighted by atomic mass is 9.99. The predicted octanol–water partition coefficient (Wildman–Crippen LogP) is 2.18. The van der Waals surface area contributed by atoms with E-state index in [9.17, 15) is 4.79 Å². The SMILES string of the molecule is CCNC(=NCc1ccc(C(=O)N(C)C)cc1)NCCN1CCC(C)CC1. The van der Waals surface area contributed by atoms with Crippen LogP contribution in [-0.4, -0.2) is 68.5 Å². The minimum Gasteiger partial charge on any atom is -0.357 e. The van der Waals surface area contributed by atoms with E-state index in [0.717, 1.165) is 37.1 Å². The minimum absolute atomic E-state index is 0.0205. The van der Waals surface area contributed by atoms with E-state index in [1.54, 1.807) is 19.0 Å². The summed E-state index contributed by atoms with van der Waals surface area (Å²) in [5.41, 5.74) is 1.79. The van der Waals surface area contributed by atoms with Crippen LogP contribution in [0.1, 0.15) is 42.6 Å². The monoisotopic (exact) mass is 373 g/mol. The number of nitrogens with zero attached hydrogens (tertiary/aromatic N) is 3. The molecule has 1 aromatic rings. The van der Waals surface area contributed by atoms with Crippen molar-refractivity contribution in [2.45, 2.75) is 33.2 Å². The Labute approximate surface area is 164 Å². The number of hydrogen-bond donors (Lipinski definition) is 2. The summed E-state index contributed by atoms with van der Waals surface area (Å²) in [6.45, 7) is 10.2. The zero-order chi connectivity index (χ0) is 19.6. The van der Waals surface area contributed by atoms with Crippen LogP contribution in [0.4, 0.5) is 0 Å². The van der Waals surface area contributed by atoms with Crippen molar-refractivity contribution in [2.75, 3.05) is 46.8 Å². The topological polar surface area (TPSA) is 60.0 Å². The number of likely N-dealkylation sites (tertiary alicyclic amines) is 1. The van der Waals surface area contributed by atoms with Gasteiger partial charge in [0.05, 0.1) is 6.54 Å². The Morgan fingerprint density at radius 3 is 2.44 bits per heavy atom. The van der Waals surface area contributed by atoms with Gasteiger partial charge in [0.1, 0.15) is 0 Å². The van der Waals surface area contributed by atoms with Crippen LogP contribution in [0.25, 0.3) is 0 Å². The van der Waals surface area contributed by atoms with E-state index in [2.05, 4.69) is 34.4 Å². The largest absolute Gasteiger partial charge is 0.357 e. The van der Waals surface area contributed by atoms with Gasteiger partial charge in [-0.15, -0.1) is 0 Å². The van der Waals surface area contributed by atoms with Gasteiger partial charge in [0.25, 0.3) is 5.91 Å². The van der Waals surface area contributed by atoms with Crippen molar-refractivity contribution in [3.8, 4) is 0 Å². The molecule has 0 aliphatic carbocycles. The number of benzene rings is 1. The van der Waals surface area contributed by atoms with Gasteiger partial charge in [0, 0.05) is 39.3 Å². The van der Waals surface area contributed by atoms with Crippen LogP contribution in [0.15, 0.2) is 29.3 Å². The highest BCUT2D eigenvalue weighted by Gasteiger charge is 2.15. The van der Waals surface area contributed by atoms with Gasteiger partial charge in [-0.05, 0) is 56.5 Å². The molecular formula is C21H35N5O. The van der Waals surface area contributed by atoms with E-state index in [4.69, 9.17) is 0 Å². The van der Waals surface area contributed by atoms with E-state index in [-0.39, 0.29) is 5.91 Å². The molecular weight excluding hydrogens is 338 g/mol. The molecule has 0 spiro atoms. The molecule has 6 nitrogen and oxygen atoms in total. The second-order valence-electron chi connectivity index (χ2n) is 7.54. The van der Waals surface area contributed by atoms with E-state index >= 15 is 0 Å². The van der Waals surface area contributed by atoms with Gasteiger partial charge in [-0.25, -0.2) is 4.99 Å². The first kappa shape index (κ1) is 21.2. The van der Waals surface area contributed by atoms with Crippen LogP contribution in [0, 0.1) is 5.92 Å². The third kappa shape index (κ3) is 7.21. The Morgan fingerprint density at radius 2 is 1.85 bits per heavy atom. The highest BCUT2D eigenvalue weighted by Crippen LogP contribution is 2.15. The Morgan fingerprint density at radius 1 is 1.19 bits per heavy atom. The molecule has 1 aliphatic rings. The fourth-order valence-electron chi connectivity index (χ4n) is 3.14. The number of carbonyl (C=O) groups excluding carboxylic acids is 1. The summed E-state index contributed by atoms with van der Waals surface area (Å²) < 4.78 is 0. The highest BCUT2D eigenvalue weighted by atomic mass is 16.2. The molecule has 0 saturated carbocycles. The van der Waals surface area contributed by atoms with Gasteiger partial charge in [-0.2, -0.15) is 0 Å². The van der Waals surface area contributed by atoms with Crippen molar-refractivity contribution < 1.29 is 4.79 Å². The maximum Gasteiger partial charge on any atom is 0.253 e. The number of carbonyl (C=O) groups is 1. The number of amides is 1. The standard InChI is InChI=1S/C21H35N5O/c1-5-22-21(23-12-15-26-13-10-17(2)11-14-26)24-16-18-6-8-19(9-7-18)20(27)25(3)4/h6-9,17H,5,10-16H2,1-4H3,(H2,22,23,24). The molecule has 0 unspecified atom stereocenters. The van der Waals surface area contributed by atoms with Gasteiger partial charge < -0.3 is 20.4 Å². The van der Waals surface area contributed by atoms with E-state index in [1.807, 2.05) is 24.3 Å². The summed E-state index contributed by atoms with van der Waals surface area (Å²) in [4.78, 5) is 20.7. The molecule has 150 valence electrons. The van der Waals surface area contributed by atoms with Gasteiger partial charge in [0.15, 0.2) is 5.96 Å². The molecule has 0 radical (unpaired) electrons. The van der Waals surface area contributed by atoms with E-state index in [1.165, 1.54) is 25.9 Å². The lowest BCUT2D eigenvalue weighted by Gasteiger charge is -2.30. The van der Waals surface area contributed by atoms with Gasteiger partial charge in [-0.1, -0.05) is 19.1 Å². The number of rotatable bonds is 7. The number of aliphatic imine (C=N–C) groups is 1. The molecule has 1 aliphatic heterocycles. The molecule has 1 heterocycles. The van der Waals surface area contributed by atoms with Crippen LogP contribution in [0.5, 0.6) is 0 Å². The average molecular weight is 374 g/mol. The van der Waals surface area contributed by atoms with Gasteiger partial charge in [0.2, 0.25) is 0 Å². The molecule has 1 fully saturated rings. The third-order valence-electron chi connectivity index (χ3n) is 4.97. The first-order valence-corrected chi connectivity index (χ1v) is 10.0. The Bertz CT molecular complexity index is 604. The Kier molecular flexibility index (Phi) is 8.58. The predicted molar refractivity (Wildman–Crippen MR) is 112 cm³/mol. The van der Waals surface area contributed by atoms with E-state index in [0.29, 0.717) is 12.1 Å². The quantitative estimate of drug-likeness (QED) is 0.568. The Hall–Kier alpha value is -2.08. The number of hydrogen-bond acceptors (Lipinski definition) is 3. The van der Waals surface area contributed by atoms with Crippen molar-refractivity contribution in [2.24, 2.45) is 10.9 Å². The summed E-state index contributed by atoms with van der Waals surface area (Å²) in [7, 11) is 3.53. The first-order chi connectivity index (χ1) is 13.0. The number of piperidine rings is 1. The lowest BCUT2D eigenvalue weighted by molar-refractivity contribution is 0.0827.